The molecule has 6 unspecified atom stereocenters. The molecule has 0 bridgehead atoms. The summed E-state index contributed by atoms with van der Waals surface area (Å²) in [5.41, 5.74) is 6.94. The van der Waals surface area contributed by atoms with Crippen molar-refractivity contribution < 1.29 is 24.5 Å². The van der Waals surface area contributed by atoms with E-state index in [-0.39, 0.29) is 23.7 Å². The number of phenols is 1. The molecule has 190 valence electrons. The van der Waals surface area contributed by atoms with Crippen molar-refractivity contribution in [3.63, 3.8) is 0 Å². The fraction of sp³-hybridized carbons (Fsp3) is 0.692. The number of aromatic hydroxyl groups is 1. The molecule has 5 N–H and O–H groups in total. The molecule has 2 aliphatic carbocycles. The first kappa shape index (κ1) is 26.1. The van der Waals surface area contributed by atoms with E-state index in [0.29, 0.717) is 48.8 Å². The van der Waals surface area contributed by atoms with Crippen molar-refractivity contribution in [1.82, 2.24) is 5.32 Å². The summed E-state index contributed by atoms with van der Waals surface area (Å²) < 4.78 is 10.8. The number of nitrogens with two attached hydrogens (primary N) is 1. The zero-order valence-corrected chi connectivity index (χ0v) is 20.7. The number of hydrogen-bond acceptors (Lipinski definition) is 6. The van der Waals surface area contributed by atoms with Crippen molar-refractivity contribution >= 4 is 11.9 Å². The summed E-state index contributed by atoms with van der Waals surface area (Å²) in [5, 5.41) is 24.4. The lowest BCUT2D eigenvalue weighted by Crippen LogP contribution is -2.50. The van der Waals surface area contributed by atoms with Crippen LogP contribution in [0.3, 0.4) is 0 Å². The van der Waals surface area contributed by atoms with E-state index >= 15 is 0 Å². The third-order valence-corrected chi connectivity index (χ3v) is 7.65. The Labute approximate surface area is 202 Å². The number of benzene rings is 1. The van der Waals surface area contributed by atoms with Gasteiger partial charge in [-0.1, -0.05) is 18.9 Å². The Kier molecular flexibility index (Phi) is 9.45. The Morgan fingerprint density at radius 1 is 1.29 bits per heavy atom. The van der Waals surface area contributed by atoms with Gasteiger partial charge in [0.15, 0.2) is 17.5 Å². The van der Waals surface area contributed by atoms with Gasteiger partial charge >= 0.3 is 5.97 Å². The van der Waals surface area contributed by atoms with Crippen molar-refractivity contribution in [1.29, 1.82) is 0 Å². The van der Waals surface area contributed by atoms with E-state index in [1.54, 1.807) is 19.2 Å². The zero-order valence-electron chi connectivity index (χ0n) is 20.7. The molecule has 2 aliphatic rings. The van der Waals surface area contributed by atoms with Crippen LogP contribution in [-0.2, 0) is 16.0 Å². The molecule has 0 saturated heterocycles. The van der Waals surface area contributed by atoms with Gasteiger partial charge in [-0.15, -0.1) is 0 Å². The van der Waals surface area contributed by atoms with E-state index in [9.17, 15) is 15.0 Å². The first-order valence-electron chi connectivity index (χ1n) is 12.5. The lowest BCUT2D eigenvalue weighted by atomic mass is 9.64. The van der Waals surface area contributed by atoms with E-state index < -0.39 is 6.10 Å². The fourth-order valence-electron chi connectivity index (χ4n) is 5.88. The van der Waals surface area contributed by atoms with Gasteiger partial charge in [0.05, 0.1) is 13.2 Å². The number of carbonyl (C=O) groups is 1. The van der Waals surface area contributed by atoms with Crippen molar-refractivity contribution in [2.45, 2.75) is 83.0 Å². The van der Waals surface area contributed by atoms with Gasteiger partial charge in [-0.25, -0.2) is 0 Å². The number of phenolic OH excluding ortho intramolecular Hbond substituents is 1. The summed E-state index contributed by atoms with van der Waals surface area (Å²) in [6, 6.07) is 5.53. The Morgan fingerprint density at radius 3 is 2.79 bits per heavy atom. The topological polar surface area (TPSA) is 126 Å². The highest BCUT2D eigenvalue weighted by atomic mass is 16.5. The first-order chi connectivity index (χ1) is 16.3. The molecule has 6 atom stereocenters. The minimum Gasteiger partial charge on any atom is -0.504 e. The number of aliphatic hydroxyl groups excluding tert-OH is 1. The molecule has 34 heavy (non-hydrogen) atoms. The minimum atomic E-state index is -0.528. The third-order valence-electron chi connectivity index (χ3n) is 7.65. The van der Waals surface area contributed by atoms with E-state index in [0.717, 1.165) is 31.2 Å². The number of methoxy groups -OCH3 is 1. The maximum atomic E-state index is 11.7. The van der Waals surface area contributed by atoms with Gasteiger partial charge < -0.3 is 30.7 Å². The van der Waals surface area contributed by atoms with Crippen molar-refractivity contribution in [2.75, 3.05) is 14.2 Å². The first-order valence-corrected chi connectivity index (χ1v) is 12.5. The smallest absolute Gasteiger partial charge is 0.302 e. The molecule has 8 nitrogen and oxygen atoms in total. The highest BCUT2D eigenvalue weighted by molar-refractivity contribution is 5.78. The molecule has 0 spiro atoms. The van der Waals surface area contributed by atoms with Crippen molar-refractivity contribution in [3.05, 3.63) is 23.8 Å². The Bertz CT molecular complexity index is 846. The molecule has 8 heteroatoms. The zero-order chi connectivity index (χ0) is 24.7. The molecule has 0 heterocycles. The normalized spacial score (nSPS) is 26.8. The van der Waals surface area contributed by atoms with Crippen molar-refractivity contribution in [2.24, 2.45) is 28.5 Å². The minimum absolute atomic E-state index is 0.0938. The second-order valence-electron chi connectivity index (χ2n) is 9.87. The number of aryl methyl sites for hydroxylation is 1. The number of carbonyl (C=O) groups excluding carboxylic acids is 1. The van der Waals surface area contributed by atoms with E-state index in [1.165, 1.54) is 26.9 Å². The third kappa shape index (κ3) is 7.01. The Hall–Kier alpha value is -2.48. The number of nitrogens with one attached hydrogen (secondary N) is 1. The van der Waals surface area contributed by atoms with Crippen LogP contribution >= 0.6 is 0 Å². The van der Waals surface area contributed by atoms with E-state index in [4.69, 9.17) is 15.2 Å². The molecule has 1 aromatic rings. The largest absolute Gasteiger partial charge is 0.504 e. The van der Waals surface area contributed by atoms with Crippen LogP contribution in [0.1, 0.15) is 63.9 Å². The fourth-order valence-corrected chi connectivity index (χ4v) is 5.88. The van der Waals surface area contributed by atoms with Crippen LogP contribution in [0.5, 0.6) is 11.5 Å². The summed E-state index contributed by atoms with van der Waals surface area (Å²) in [7, 11) is 3.21. The van der Waals surface area contributed by atoms with E-state index in [2.05, 4.69) is 10.3 Å². The van der Waals surface area contributed by atoms with Crippen LogP contribution in [0.2, 0.25) is 0 Å². The predicted molar refractivity (Wildman–Crippen MR) is 132 cm³/mol. The van der Waals surface area contributed by atoms with Gasteiger partial charge in [-0.3, -0.25) is 9.79 Å². The molecule has 3 rings (SSSR count). The Balaban J connectivity index is 1.61. The second kappa shape index (κ2) is 12.3. The van der Waals surface area contributed by atoms with E-state index in [1.807, 2.05) is 6.07 Å². The van der Waals surface area contributed by atoms with Gasteiger partial charge in [-0.2, -0.15) is 0 Å². The standard InChI is InChI=1S/C26H41N3O5/c1-16(30)34-20(11-7-17-8-12-23(31)25(13-17)33-3)15-24(32)19-10-9-18-5-4-6-22(21(18)14-19)29-26(27)28-2/h8,12-13,18-22,24,31-32H,4-7,9-11,14-15H2,1-3H3,(H3,27,28,29). The van der Waals surface area contributed by atoms with Gasteiger partial charge in [0.1, 0.15) is 6.10 Å². The predicted octanol–water partition coefficient (Wildman–Crippen LogP) is 3.14. The summed E-state index contributed by atoms with van der Waals surface area (Å²) >= 11 is 0. The summed E-state index contributed by atoms with van der Waals surface area (Å²) in [4.78, 5) is 15.8. The number of nitrogens with zero attached hydrogens (tertiary/aromatic N) is 1. The summed E-state index contributed by atoms with van der Waals surface area (Å²) in [6.45, 7) is 1.41. The maximum Gasteiger partial charge on any atom is 0.302 e. The number of aliphatic hydroxyl groups is 1. The van der Waals surface area contributed by atoms with Crippen LogP contribution in [-0.4, -0.2) is 54.5 Å². The lowest BCUT2D eigenvalue weighted by molar-refractivity contribution is -0.148. The van der Waals surface area contributed by atoms with Gasteiger partial charge in [-0.05, 0) is 74.0 Å². The van der Waals surface area contributed by atoms with Crippen LogP contribution in [0, 0.1) is 17.8 Å². The molecule has 2 saturated carbocycles. The van der Waals surface area contributed by atoms with Gasteiger partial charge in [0, 0.05) is 26.4 Å². The van der Waals surface area contributed by atoms with Crippen molar-refractivity contribution in [3.8, 4) is 11.5 Å². The highest BCUT2D eigenvalue weighted by Crippen LogP contribution is 2.44. The summed E-state index contributed by atoms with van der Waals surface area (Å²) in [6.07, 6.45) is 7.33. The molecule has 0 aromatic heterocycles. The molecular formula is C26H41N3O5. The molecule has 0 radical (unpaired) electrons. The molecule has 0 aliphatic heterocycles. The average molecular weight is 476 g/mol. The number of rotatable bonds is 9. The highest BCUT2D eigenvalue weighted by Gasteiger charge is 2.40. The number of aliphatic imine (C=N–C) groups is 1. The number of esters is 1. The van der Waals surface area contributed by atoms with Gasteiger partial charge in [0.2, 0.25) is 0 Å². The molecule has 2 fully saturated rings. The SMILES string of the molecule is CN=C(N)NC1CCCC2CCC(C(O)CC(CCc3ccc(O)c(OC)c3)OC(C)=O)CC21. The molecular weight excluding hydrogens is 434 g/mol. The maximum absolute atomic E-state index is 11.7. The number of fused-ring (bicyclic) bond motifs is 1. The van der Waals surface area contributed by atoms with Crippen LogP contribution < -0.4 is 15.8 Å². The quantitative estimate of drug-likeness (QED) is 0.245. The Morgan fingerprint density at radius 2 is 2.09 bits per heavy atom. The van der Waals surface area contributed by atoms with Gasteiger partial charge in [0.25, 0.3) is 0 Å². The van der Waals surface area contributed by atoms with Crippen LogP contribution in [0.25, 0.3) is 0 Å². The number of ether oxygens (including phenoxy) is 2. The second-order valence-corrected chi connectivity index (χ2v) is 9.87. The molecule has 1 aromatic carbocycles. The number of hydrogen-bond donors (Lipinski definition) is 4. The summed E-state index contributed by atoms with van der Waals surface area (Å²) in [5.74, 6) is 1.96. The lowest BCUT2D eigenvalue weighted by Gasteiger charge is -2.45. The monoisotopic (exact) mass is 475 g/mol. The molecule has 0 amide bonds. The van der Waals surface area contributed by atoms with Crippen LogP contribution in [0.15, 0.2) is 23.2 Å². The number of guanidine groups is 1. The average Bonchev–Trinajstić information content (AvgIpc) is 2.82. The van der Waals surface area contributed by atoms with Crippen LogP contribution in [0.4, 0.5) is 0 Å².